The zero-order valence-electron chi connectivity index (χ0n) is 27.9. The van der Waals surface area contributed by atoms with Gasteiger partial charge in [0.1, 0.15) is 0 Å². The van der Waals surface area contributed by atoms with E-state index in [2.05, 4.69) is 95.6 Å². The van der Waals surface area contributed by atoms with Gasteiger partial charge in [0.25, 0.3) is 0 Å². The van der Waals surface area contributed by atoms with Gasteiger partial charge in [-0.15, -0.1) is 11.8 Å². The molecule has 4 saturated carbocycles. The minimum absolute atomic E-state index is 0.00545. The molecule has 254 valence electrons. The maximum Gasteiger partial charge on any atom is 0.315 e. The molecule has 3 unspecified atom stereocenters. The summed E-state index contributed by atoms with van der Waals surface area (Å²) in [4.78, 5) is 14.3. The minimum atomic E-state index is -0.518. The summed E-state index contributed by atoms with van der Waals surface area (Å²) in [6.45, 7) is 0.505. The third-order valence-electron chi connectivity index (χ3n) is 11.1. The van der Waals surface area contributed by atoms with E-state index in [0.717, 1.165) is 82.6 Å². The summed E-state index contributed by atoms with van der Waals surface area (Å²) in [5.41, 5.74) is 6.19. The van der Waals surface area contributed by atoms with Crippen LogP contribution in [0.2, 0.25) is 0 Å². The zero-order chi connectivity index (χ0) is 33.2. The highest BCUT2D eigenvalue weighted by Gasteiger charge is 2.51. The van der Waals surface area contributed by atoms with Crippen LogP contribution in [0.3, 0.4) is 0 Å². The number of benzene rings is 4. The van der Waals surface area contributed by atoms with Gasteiger partial charge in [-0.1, -0.05) is 78.9 Å². The molecule has 4 bridgehead atoms. The molecule has 5 aliphatic rings. The fraction of sp³-hybridized carbons (Fsp3) is 0.405. The van der Waals surface area contributed by atoms with Crippen LogP contribution in [-0.4, -0.2) is 28.5 Å². The van der Waals surface area contributed by atoms with Gasteiger partial charge in [-0.25, -0.2) is 4.79 Å². The van der Waals surface area contributed by atoms with Gasteiger partial charge in [-0.3, -0.25) is 0 Å². The van der Waals surface area contributed by atoms with Crippen molar-refractivity contribution in [2.75, 3.05) is 5.75 Å². The quantitative estimate of drug-likeness (QED) is 0.146. The van der Waals surface area contributed by atoms with E-state index in [-0.39, 0.29) is 30.4 Å². The van der Waals surface area contributed by atoms with E-state index in [1.807, 2.05) is 18.2 Å². The molecule has 0 aromatic heterocycles. The monoisotopic (exact) mass is 674 g/mol. The number of urea groups is 1. The molecule has 1 heterocycles. The molecule has 3 atom stereocenters. The second-order valence-corrected chi connectivity index (χ2v) is 15.9. The van der Waals surface area contributed by atoms with Crippen molar-refractivity contribution in [3.05, 3.63) is 125 Å². The zero-order valence-corrected chi connectivity index (χ0v) is 28.7. The largest absolute Gasteiger partial charge is 0.392 e. The molecular formula is C42H46N2O4S. The van der Waals surface area contributed by atoms with Crippen LogP contribution in [0.5, 0.6) is 0 Å². The highest BCUT2D eigenvalue weighted by Crippen LogP contribution is 2.55. The number of aliphatic hydroxyl groups is 1. The van der Waals surface area contributed by atoms with Crippen molar-refractivity contribution in [2.45, 2.75) is 87.0 Å². The first-order chi connectivity index (χ1) is 24.0. The Morgan fingerprint density at radius 3 is 2.14 bits per heavy atom. The highest BCUT2D eigenvalue weighted by atomic mass is 32.2. The molecule has 5 fully saturated rings. The standard InChI is InChI=1S/C42H46N2O4S/c45-26-28-12-14-33(15-13-28)39-21-37(27-49-38-10-2-1-3-11-38)47-40(48-39)36-9-5-8-35(20-36)34-7-4-6-29(19-34)25-43-41(46)44-42-22-30-16-31(23-42)18-32(17-30)24-42/h1-15,19-20,30-32,37,39-40,45H,16-18,21-27H2,(H2,43,44,46). The smallest absolute Gasteiger partial charge is 0.315 e. The Balaban J connectivity index is 0.951. The number of aliphatic hydroxyl groups excluding tert-OH is 1. The molecule has 4 aromatic carbocycles. The molecule has 0 radical (unpaired) electrons. The average Bonchev–Trinajstić information content (AvgIpc) is 3.13. The highest BCUT2D eigenvalue weighted by molar-refractivity contribution is 7.99. The van der Waals surface area contributed by atoms with Crippen LogP contribution in [0.1, 0.15) is 79.6 Å². The van der Waals surface area contributed by atoms with Crippen LogP contribution in [0.25, 0.3) is 11.1 Å². The first-order valence-corrected chi connectivity index (χ1v) is 18.9. The predicted octanol–water partition coefficient (Wildman–Crippen LogP) is 8.95. The maximum absolute atomic E-state index is 13.1. The number of thioether (sulfide) groups is 1. The van der Waals surface area contributed by atoms with Crippen molar-refractivity contribution in [1.29, 1.82) is 0 Å². The third kappa shape index (κ3) is 7.60. The van der Waals surface area contributed by atoms with Crippen molar-refractivity contribution >= 4 is 17.8 Å². The van der Waals surface area contributed by atoms with Crippen LogP contribution < -0.4 is 10.6 Å². The molecule has 0 spiro atoms. The van der Waals surface area contributed by atoms with Gasteiger partial charge in [0.2, 0.25) is 0 Å². The molecule has 6 nitrogen and oxygen atoms in total. The van der Waals surface area contributed by atoms with Crippen LogP contribution in [0.4, 0.5) is 4.79 Å². The summed E-state index contributed by atoms with van der Waals surface area (Å²) in [7, 11) is 0. The lowest BCUT2D eigenvalue weighted by atomic mass is 9.53. The van der Waals surface area contributed by atoms with Gasteiger partial charge < -0.3 is 25.2 Å². The number of carbonyl (C=O) groups excluding carboxylic acids is 1. The van der Waals surface area contributed by atoms with E-state index in [1.54, 1.807) is 11.8 Å². The van der Waals surface area contributed by atoms with Crippen molar-refractivity contribution in [1.82, 2.24) is 10.6 Å². The Labute approximate surface area is 294 Å². The Bertz CT molecular complexity index is 1710. The van der Waals surface area contributed by atoms with E-state index in [4.69, 9.17) is 9.47 Å². The van der Waals surface area contributed by atoms with Crippen LogP contribution in [0, 0.1) is 17.8 Å². The Hall–Kier alpha value is -3.62. The molecule has 7 heteroatoms. The van der Waals surface area contributed by atoms with Gasteiger partial charge in [0.15, 0.2) is 6.29 Å². The Morgan fingerprint density at radius 2 is 1.43 bits per heavy atom. The first-order valence-electron chi connectivity index (χ1n) is 17.9. The molecular weight excluding hydrogens is 629 g/mol. The predicted molar refractivity (Wildman–Crippen MR) is 194 cm³/mol. The van der Waals surface area contributed by atoms with Crippen LogP contribution in [-0.2, 0) is 22.6 Å². The molecule has 3 N–H and O–H groups in total. The molecule has 4 aliphatic carbocycles. The Morgan fingerprint density at radius 1 is 0.735 bits per heavy atom. The van der Waals surface area contributed by atoms with Crippen molar-refractivity contribution in [3.63, 3.8) is 0 Å². The topological polar surface area (TPSA) is 79.8 Å². The van der Waals surface area contributed by atoms with E-state index in [1.165, 1.54) is 24.2 Å². The summed E-state index contributed by atoms with van der Waals surface area (Å²) < 4.78 is 13.3. The summed E-state index contributed by atoms with van der Waals surface area (Å²) in [5.74, 6) is 3.21. The molecule has 1 saturated heterocycles. The normalized spacial score (nSPS) is 28.7. The first kappa shape index (κ1) is 32.6. The third-order valence-corrected chi connectivity index (χ3v) is 12.2. The second kappa shape index (κ2) is 14.3. The fourth-order valence-electron chi connectivity index (χ4n) is 9.19. The SMILES string of the molecule is O=C(NCc1cccc(-c2cccc(C3OC(CSc4ccccc4)CC(c4ccc(CO)cc4)O3)c2)c1)NC12CC3CC(CC(C3)C1)C2. The summed E-state index contributed by atoms with van der Waals surface area (Å²) >= 11 is 1.80. The fourth-order valence-corrected chi connectivity index (χ4v) is 10.1. The molecule has 2 amide bonds. The molecule has 49 heavy (non-hydrogen) atoms. The van der Waals surface area contributed by atoms with Gasteiger partial charge in [-0.2, -0.15) is 0 Å². The van der Waals surface area contributed by atoms with Gasteiger partial charge in [0, 0.05) is 34.7 Å². The lowest BCUT2D eigenvalue weighted by molar-refractivity contribution is -0.245. The summed E-state index contributed by atoms with van der Waals surface area (Å²) in [6, 6.07) is 35.3. The molecule has 1 aliphatic heterocycles. The lowest BCUT2D eigenvalue weighted by Crippen LogP contribution is -2.61. The number of hydrogen-bond acceptors (Lipinski definition) is 5. The van der Waals surface area contributed by atoms with E-state index in [9.17, 15) is 9.90 Å². The van der Waals surface area contributed by atoms with Crippen molar-refractivity contribution in [3.8, 4) is 11.1 Å². The van der Waals surface area contributed by atoms with Crippen molar-refractivity contribution in [2.24, 2.45) is 17.8 Å². The Kier molecular flexibility index (Phi) is 9.52. The maximum atomic E-state index is 13.1. The summed E-state index contributed by atoms with van der Waals surface area (Å²) in [6.07, 6.45) is 7.64. The number of carbonyl (C=O) groups is 1. The number of nitrogens with one attached hydrogen (secondary N) is 2. The van der Waals surface area contributed by atoms with Crippen molar-refractivity contribution < 1.29 is 19.4 Å². The number of rotatable bonds is 10. The van der Waals surface area contributed by atoms with Gasteiger partial charge in [0.05, 0.1) is 18.8 Å². The van der Waals surface area contributed by atoms with E-state index >= 15 is 0 Å². The summed E-state index contributed by atoms with van der Waals surface area (Å²) in [5, 5.41) is 16.2. The molecule has 4 aromatic rings. The second-order valence-electron chi connectivity index (χ2n) is 14.8. The average molecular weight is 675 g/mol. The van der Waals surface area contributed by atoms with Crippen LogP contribution in [0.15, 0.2) is 108 Å². The molecule has 9 rings (SSSR count). The minimum Gasteiger partial charge on any atom is -0.392 e. The number of hydrogen-bond donors (Lipinski definition) is 3. The number of amides is 2. The van der Waals surface area contributed by atoms with E-state index < -0.39 is 6.29 Å². The van der Waals surface area contributed by atoms with E-state index in [0.29, 0.717) is 6.54 Å². The lowest BCUT2D eigenvalue weighted by Gasteiger charge is -2.56. The van der Waals surface area contributed by atoms with Crippen LogP contribution >= 0.6 is 11.8 Å². The number of ether oxygens (including phenoxy) is 2. The van der Waals surface area contributed by atoms with Gasteiger partial charge >= 0.3 is 6.03 Å². The van der Waals surface area contributed by atoms with Gasteiger partial charge in [-0.05, 0) is 108 Å².